The predicted octanol–water partition coefficient (Wildman–Crippen LogP) is 2.88. The van der Waals surface area contributed by atoms with Crippen molar-refractivity contribution >= 4 is 23.5 Å². The highest BCUT2D eigenvalue weighted by Gasteiger charge is 2.46. The van der Waals surface area contributed by atoms with Gasteiger partial charge in [-0.05, 0) is 18.6 Å². The molecule has 24 heavy (non-hydrogen) atoms. The van der Waals surface area contributed by atoms with Gasteiger partial charge in [-0.2, -0.15) is 0 Å². The molecule has 1 amide bonds. The molecule has 0 spiro atoms. The first-order valence-corrected chi connectivity index (χ1v) is 7.96. The van der Waals surface area contributed by atoms with Gasteiger partial charge in [-0.15, -0.1) is 0 Å². The minimum absolute atomic E-state index is 0.0288. The fraction of sp³-hybridized carbons (Fsp3) is 0.312. The molecule has 0 saturated carbocycles. The molecule has 1 aromatic heterocycles. The van der Waals surface area contributed by atoms with Crippen LogP contribution in [0.3, 0.4) is 0 Å². The molecule has 4 rings (SSSR count). The SMILES string of the molecule is O=C(O)N1C[C@@H]2C[C@H]1CN2c1cc(Cl)nc(-c2cccc(F)c2)n1. The second kappa shape index (κ2) is 5.59. The lowest BCUT2D eigenvalue weighted by Crippen LogP contribution is -2.48. The Hall–Kier alpha value is -2.41. The molecule has 2 saturated heterocycles. The summed E-state index contributed by atoms with van der Waals surface area (Å²) in [6, 6.07) is 7.75. The number of hydrogen-bond acceptors (Lipinski definition) is 4. The largest absolute Gasteiger partial charge is 0.465 e. The van der Waals surface area contributed by atoms with Gasteiger partial charge in [0.2, 0.25) is 0 Å². The molecular weight excluding hydrogens is 335 g/mol. The monoisotopic (exact) mass is 348 g/mol. The van der Waals surface area contributed by atoms with Gasteiger partial charge in [-0.1, -0.05) is 23.7 Å². The van der Waals surface area contributed by atoms with Crippen LogP contribution in [0, 0.1) is 5.82 Å². The van der Waals surface area contributed by atoms with Crippen molar-refractivity contribution in [3.05, 3.63) is 41.3 Å². The number of amides is 1. The van der Waals surface area contributed by atoms with E-state index in [-0.39, 0.29) is 23.1 Å². The molecule has 2 aliphatic heterocycles. The van der Waals surface area contributed by atoms with E-state index in [1.54, 1.807) is 18.2 Å². The molecule has 2 fully saturated rings. The zero-order chi connectivity index (χ0) is 16.8. The van der Waals surface area contributed by atoms with Gasteiger partial charge in [0, 0.05) is 24.7 Å². The van der Waals surface area contributed by atoms with Crippen LogP contribution in [0.25, 0.3) is 11.4 Å². The minimum atomic E-state index is -0.886. The molecule has 6 nitrogen and oxygen atoms in total. The molecule has 0 unspecified atom stereocenters. The van der Waals surface area contributed by atoms with Crippen LogP contribution in [-0.2, 0) is 0 Å². The van der Waals surface area contributed by atoms with E-state index in [9.17, 15) is 14.3 Å². The highest BCUT2D eigenvalue weighted by molar-refractivity contribution is 6.29. The third kappa shape index (κ3) is 2.54. The third-order valence-electron chi connectivity index (χ3n) is 4.54. The Morgan fingerprint density at radius 3 is 2.75 bits per heavy atom. The van der Waals surface area contributed by atoms with Crippen LogP contribution in [0.2, 0.25) is 5.15 Å². The summed E-state index contributed by atoms with van der Waals surface area (Å²) < 4.78 is 13.4. The summed E-state index contributed by atoms with van der Waals surface area (Å²) in [7, 11) is 0. The van der Waals surface area contributed by atoms with Gasteiger partial charge in [0.25, 0.3) is 0 Å². The van der Waals surface area contributed by atoms with E-state index in [0.29, 0.717) is 30.3 Å². The molecule has 8 heteroatoms. The molecule has 2 aliphatic rings. The first-order valence-electron chi connectivity index (χ1n) is 7.58. The van der Waals surface area contributed by atoms with E-state index in [1.165, 1.54) is 17.0 Å². The van der Waals surface area contributed by atoms with E-state index >= 15 is 0 Å². The zero-order valence-corrected chi connectivity index (χ0v) is 13.3. The normalized spacial score (nSPS) is 22.2. The van der Waals surface area contributed by atoms with Gasteiger partial charge in [0.05, 0.1) is 12.1 Å². The lowest BCUT2D eigenvalue weighted by Gasteiger charge is -2.33. The number of halogens is 2. The van der Waals surface area contributed by atoms with Crippen LogP contribution in [0.4, 0.5) is 15.0 Å². The van der Waals surface area contributed by atoms with Crippen molar-refractivity contribution < 1.29 is 14.3 Å². The van der Waals surface area contributed by atoms with Gasteiger partial charge < -0.3 is 14.9 Å². The average molecular weight is 349 g/mol. The van der Waals surface area contributed by atoms with E-state index < -0.39 is 6.09 Å². The number of nitrogens with zero attached hydrogens (tertiary/aromatic N) is 4. The van der Waals surface area contributed by atoms with Gasteiger partial charge in [-0.3, -0.25) is 0 Å². The van der Waals surface area contributed by atoms with Crippen molar-refractivity contribution in [2.45, 2.75) is 18.5 Å². The van der Waals surface area contributed by atoms with Crippen LogP contribution in [0.5, 0.6) is 0 Å². The topological polar surface area (TPSA) is 69.6 Å². The number of anilines is 1. The molecule has 2 aromatic rings. The smallest absolute Gasteiger partial charge is 0.407 e. The number of carboxylic acid groups (broad SMARTS) is 1. The molecule has 124 valence electrons. The Balaban J connectivity index is 1.65. The third-order valence-corrected chi connectivity index (χ3v) is 4.74. The highest BCUT2D eigenvalue weighted by atomic mass is 35.5. The number of hydrogen-bond donors (Lipinski definition) is 1. The number of likely N-dealkylation sites (tertiary alicyclic amines) is 1. The summed E-state index contributed by atoms with van der Waals surface area (Å²) in [6.07, 6.45) is -0.105. The second-order valence-corrected chi connectivity index (χ2v) is 6.40. The number of fused-ring (bicyclic) bond motifs is 2. The van der Waals surface area contributed by atoms with Crippen molar-refractivity contribution in [3.63, 3.8) is 0 Å². The van der Waals surface area contributed by atoms with Crippen molar-refractivity contribution in [2.75, 3.05) is 18.0 Å². The van der Waals surface area contributed by atoms with Crippen LogP contribution in [-0.4, -0.2) is 51.2 Å². The van der Waals surface area contributed by atoms with Crippen molar-refractivity contribution in [2.24, 2.45) is 0 Å². The van der Waals surface area contributed by atoms with E-state index in [4.69, 9.17) is 11.6 Å². The minimum Gasteiger partial charge on any atom is -0.465 e. The van der Waals surface area contributed by atoms with E-state index in [0.717, 1.165) is 6.42 Å². The molecular formula is C16H14ClFN4O2. The van der Waals surface area contributed by atoms with Gasteiger partial charge in [-0.25, -0.2) is 19.2 Å². The van der Waals surface area contributed by atoms with Gasteiger partial charge >= 0.3 is 6.09 Å². The maximum Gasteiger partial charge on any atom is 0.407 e. The summed E-state index contributed by atoms with van der Waals surface area (Å²) in [5.41, 5.74) is 0.551. The van der Waals surface area contributed by atoms with Crippen molar-refractivity contribution in [3.8, 4) is 11.4 Å². The lowest BCUT2D eigenvalue weighted by molar-refractivity contribution is 0.137. The summed E-state index contributed by atoms with van der Waals surface area (Å²) in [4.78, 5) is 23.4. The van der Waals surface area contributed by atoms with Crippen LogP contribution in [0.15, 0.2) is 30.3 Å². The first kappa shape index (κ1) is 15.1. The Morgan fingerprint density at radius 2 is 2.08 bits per heavy atom. The lowest BCUT2D eigenvalue weighted by atomic mass is 10.2. The van der Waals surface area contributed by atoms with E-state index in [1.807, 2.05) is 0 Å². The molecule has 3 heterocycles. The Morgan fingerprint density at radius 1 is 1.25 bits per heavy atom. The standard InChI is InChI=1S/C16H14ClFN4O2/c17-13-6-14(20-15(19-13)9-2-1-3-10(18)4-9)21-7-12-5-11(21)8-22(12)16(23)24/h1-4,6,11-12H,5,7-8H2,(H,23,24)/t11-,12-/m0/s1. The van der Waals surface area contributed by atoms with Crippen LogP contribution in [0.1, 0.15) is 6.42 Å². The maximum absolute atomic E-state index is 13.4. The number of rotatable bonds is 2. The fourth-order valence-electron chi connectivity index (χ4n) is 3.49. The highest BCUT2D eigenvalue weighted by Crippen LogP contribution is 2.35. The molecule has 0 aliphatic carbocycles. The van der Waals surface area contributed by atoms with Crippen molar-refractivity contribution in [1.82, 2.24) is 14.9 Å². The summed E-state index contributed by atoms with van der Waals surface area (Å²) in [5.74, 6) is 0.636. The molecule has 1 N–H and O–H groups in total. The zero-order valence-electron chi connectivity index (χ0n) is 12.6. The fourth-order valence-corrected chi connectivity index (χ4v) is 3.67. The van der Waals surface area contributed by atoms with E-state index in [2.05, 4.69) is 14.9 Å². The molecule has 2 atom stereocenters. The predicted molar refractivity (Wildman–Crippen MR) is 86.7 cm³/mol. The number of benzene rings is 1. The second-order valence-electron chi connectivity index (χ2n) is 6.01. The summed E-state index contributed by atoms with van der Waals surface area (Å²) in [5, 5.41) is 9.46. The van der Waals surface area contributed by atoms with Gasteiger partial charge in [0.1, 0.15) is 16.8 Å². The first-order chi connectivity index (χ1) is 11.5. The molecule has 1 aromatic carbocycles. The number of carbonyl (C=O) groups is 1. The quantitative estimate of drug-likeness (QED) is 0.845. The number of aromatic nitrogens is 2. The van der Waals surface area contributed by atoms with Crippen LogP contribution >= 0.6 is 11.6 Å². The Labute approximate surface area is 142 Å². The maximum atomic E-state index is 13.4. The van der Waals surface area contributed by atoms with Crippen LogP contribution < -0.4 is 4.90 Å². The summed E-state index contributed by atoms with van der Waals surface area (Å²) >= 11 is 6.12. The van der Waals surface area contributed by atoms with Crippen molar-refractivity contribution in [1.29, 1.82) is 0 Å². The van der Waals surface area contributed by atoms with Gasteiger partial charge in [0.15, 0.2) is 5.82 Å². The number of piperazine rings is 1. The average Bonchev–Trinajstić information content (AvgIpc) is 3.15. The Bertz CT molecular complexity index is 818. The Kier molecular flexibility index (Phi) is 3.53. The molecule has 2 bridgehead atoms. The molecule has 0 radical (unpaired) electrons. The summed E-state index contributed by atoms with van der Waals surface area (Å²) in [6.45, 7) is 1.03.